The van der Waals surface area contributed by atoms with Gasteiger partial charge in [0.1, 0.15) is 0 Å². The average molecular weight is 290 g/mol. The van der Waals surface area contributed by atoms with Crippen LogP contribution in [-0.4, -0.2) is 4.98 Å². The highest BCUT2D eigenvalue weighted by molar-refractivity contribution is 5.37. The molecular weight excluding hydrogens is 288 g/mol. The third-order valence-electron chi connectivity index (χ3n) is 2.00. The molecule has 0 N–H and O–H groups in total. The van der Waals surface area contributed by atoms with E-state index in [9.17, 15) is 35.1 Å². The van der Waals surface area contributed by atoms with Crippen LogP contribution in [-0.2, 0) is 18.8 Å². The van der Waals surface area contributed by atoms with Crippen molar-refractivity contribution in [1.29, 1.82) is 5.26 Å². The lowest BCUT2D eigenvalue weighted by atomic mass is 10.0. The standard InChI is InChI=1S/C9H2F8N2/c10-5-3(1-2-18)4(8(12,13)14)6(9(15,16)17)19-7(5)11/h1H2. The van der Waals surface area contributed by atoms with Gasteiger partial charge in [0.2, 0.25) is 5.95 Å². The van der Waals surface area contributed by atoms with Crippen LogP contribution in [0.4, 0.5) is 35.1 Å². The zero-order valence-corrected chi connectivity index (χ0v) is 8.63. The molecule has 0 bridgehead atoms. The molecular formula is C9H2F8N2. The van der Waals surface area contributed by atoms with Crippen molar-refractivity contribution in [1.82, 2.24) is 4.98 Å². The van der Waals surface area contributed by atoms with Crippen LogP contribution in [0.15, 0.2) is 0 Å². The molecule has 0 atom stereocenters. The SMILES string of the molecule is N#CCc1c(F)c(F)nc(C(F)(F)F)c1C(F)(F)F. The Kier molecular flexibility index (Phi) is 3.70. The molecule has 0 fully saturated rings. The highest BCUT2D eigenvalue weighted by atomic mass is 19.4. The Balaban J connectivity index is 3.80. The Morgan fingerprint density at radius 2 is 1.53 bits per heavy atom. The Morgan fingerprint density at radius 3 is 1.89 bits per heavy atom. The van der Waals surface area contributed by atoms with Gasteiger partial charge in [0.05, 0.1) is 18.1 Å². The summed E-state index contributed by atoms with van der Waals surface area (Å²) in [6.45, 7) is 0. The van der Waals surface area contributed by atoms with Gasteiger partial charge in [0, 0.05) is 5.56 Å². The predicted molar refractivity (Wildman–Crippen MR) is 43.5 cm³/mol. The maximum absolute atomic E-state index is 13.1. The van der Waals surface area contributed by atoms with Crippen LogP contribution in [0.1, 0.15) is 16.8 Å². The minimum atomic E-state index is -5.64. The van der Waals surface area contributed by atoms with Crippen molar-refractivity contribution in [2.24, 2.45) is 0 Å². The second-order valence-electron chi connectivity index (χ2n) is 3.25. The Labute approximate surface area is 99.8 Å². The monoisotopic (exact) mass is 290 g/mol. The van der Waals surface area contributed by atoms with E-state index in [0.29, 0.717) is 0 Å². The molecule has 0 saturated carbocycles. The summed E-state index contributed by atoms with van der Waals surface area (Å²) in [6.07, 6.45) is -12.6. The van der Waals surface area contributed by atoms with Crippen LogP contribution in [0.5, 0.6) is 0 Å². The number of hydrogen-bond acceptors (Lipinski definition) is 2. The van der Waals surface area contributed by atoms with E-state index in [0.717, 1.165) is 6.07 Å². The molecule has 104 valence electrons. The van der Waals surface area contributed by atoms with E-state index < -0.39 is 47.4 Å². The lowest BCUT2D eigenvalue weighted by Crippen LogP contribution is -2.23. The van der Waals surface area contributed by atoms with E-state index >= 15 is 0 Å². The molecule has 0 unspecified atom stereocenters. The van der Waals surface area contributed by atoms with Gasteiger partial charge in [0.25, 0.3) is 0 Å². The normalized spacial score (nSPS) is 12.4. The Hall–Kier alpha value is -1.92. The van der Waals surface area contributed by atoms with Gasteiger partial charge in [-0.15, -0.1) is 0 Å². The summed E-state index contributed by atoms with van der Waals surface area (Å²) >= 11 is 0. The van der Waals surface area contributed by atoms with Crippen molar-refractivity contribution in [3.05, 3.63) is 28.6 Å². The molecule has 0 aliphatic rings. The first-order valence-corrected chi connectivity index (χ1v) is 4.39. The van der Waals surface area contributed by atoms with Crippen molar-refractivity contribution < 1.29 is 35.1 Å². The van der Waals surface area contributed by atoms with Gasteiger partial charge in [0.15, 0.2) is 11.5 Å². The van der Waals surface area contributed by atoms with E-state index in [2.05, 4.69) is 0 Å². The first-order chi connectivity index (χ1) is 8.50. The maximum Gasteiger partial charge on any atom is 0.434 e. The van der Waals surface area contributed by atoms with E-state index in [4.69, 9.17) is 5.26 Å². The predicted octanol–water partition coefficient (Wildman–Crippen LogP) is 3.46. The summed E-state index contributed by atoms with van der Waals surface area (Å²) in [5.41, 5.74) is -6.81. The van der Waals surface area contributed by atoms with Crippen LogP contribution in [0.25, 0.3) is 0 Å². The number of nitrogens with zero attached hydrogens (tertiary/aromatic N) is 2. The lowest BCUT2D eigenvalue weighted by Gasteiger charge is -2.17. The van der Waals surface area contributed by atoms with E-state index in [1.807, 2.05) is 4.98 Å². The molecule has 10 heteroatoms. The van der Waals surface area contributed by atoms with Crippen LogP contribution in [0.3, 0.4) is 0 Å². The fourth-order valence-electron chi connectivity index (χ4n) is 1.34. The Morgan fingerprint density at radius 1 is 1.00 bits per heavy atom. The van der Waals surface area contributed by atoms with E-state index in [1.54, 1.807) is 0 Å². The molecule has 1 heterocycles. The lowest BCUT2D eigenvalue weighted by molar-refractivity contribution is -0.165. The van der Waals surface area contributed by atoms with Gasteiger partial charge >= 0.3 is 12.4 Å². The van der Waals surface area contributed by atoms with Gasteiger partial charge < -0.3 is 0 Å². The second-order valence-corrected chi connectivity index (χ2v) is 3.25. The van der Waals surface area contributed by atoms with Crippen LogP contribution in [0.2, 0.25) is 0 Å². The van der Waals surface area contributed by atoms with E-state index in [1.165, 1.54) is 0 Å². The van der Waals surface area contributed by atoms with Crippen molar-refractivity contribution in [2.45, 2.75) is 18.8 Å². The third-order valence-corrected chi connectivity index (χ3v) is 2.00. The quantitative estimate of drug-likeness (QED) is 0.586. The smallest absolute Gasteiger partial charge is 0.212 e. The van der Waals surface area contributed by atoms with Gasteiger partial charge in [-0.1, -0.05) is 0 Å². The van der Waals surface area contributed by atoms with Crippen molar-refractivity contribution in [3.8, 4) is 6.07 Å². The topological polar surface area (TPSA) is 36.7 Å². The highest BCUT2D eigenvalue weighted by Gasteiger charge is 2.48. The van der Waals surface area contributed by atoms with Gasteiger partial charge in [-0.2, -0.15) is 36.0 Å². The van der Waals surface area contributed by atoms with Crippen molar-refractivity contribution >= 4 is 0 Å². The van der Waals surface area contributed by atoms with Gasteiger partial charge in [-0.25, -0.2) is 9.37 Å². The van der Waals surface area contributed by atoms with Crippen LogP contribution >= 0.6 is 0 Å². The molecule has 1 aromatic rings. The minimum Gasteiger partial charge on any atom is -0.212 e. The first-order valence-electron chi connectivity index (χ1n) is 4.39. The van der Waals surface area contributed by atoms with Crippen LogP contribution in [0, 0.1) is 23.1 Å². The minimum absolute atomic E-state index is 1.04. The molecule has 0 aliphatic heterocycles. The summed E-state index contributed by atoms with van der Waals surface area (Å²) in [6, 6.07) is 1.04. The number of nitriles is 1. The Bertz CT molecular complexity index is 537. The number of alkyl halides is 6. The maximum atomic E-state index is 13.1. The number of rotatable bonds is 1. The highest BCUT2D eigenvalue weighted by Crippen LogP contribution is 2.42. The molecule has 0 radical (unpaired) electrons. The fraction of sp³-hybridized carbons (Fsp3) is 0.333. The fourth-order valence-corrected chi connectivity index (χ4v) is 1.34. The van der Waals surface area contributed by atoms with Crippen molar-refractivity contribution in [2.75, 3.05) is 0 Å². The second kappa shape index (κ2) is 4.64. The molecule has 2 nitrogen and oxygen atoms in total. The molecule has 1 rings (SSSR count). The molecule has 0 spiro atoms. The summed E-state index contributed by atoms with van der Waals surface area (Å²) in [7, 11) is 0. The molecule has 1 aromatic heterocycles. The molecule has 0 aliphatic carbocycles. The molecule has 0 saturated heterocycles. The largest absolute Gasteiger partial charge is 0.434 e. The summed E-state index contributed by atoms with van der Waals surface area (Å²) in [5.74, 6) is -4.56. The summed E-state index contributed by atoms with van der Waals surface area (Å²) in [4.78, 5) is 1.96. The first kappa shape index (κ1) is 15.1. The van der Waals surface area contributed by atoms with Crippen molar-refractivity contribution in [3.63, 3.8) is 0 Å². The van der Waals surface area contributed by atoms with Crippen LogP contribution < -0.4 is 0 Å². The molecule has 0 aromatic carbocycles. The average Bonchev–Trinajstić information content (AvgIpc) is 2.21. The zero-order chi connectivity index (χ0) is 15.0. The van der Waals surface area contributed by atoms with Gasteiger partial charge in [-0.05, 0) is 0 Å². The number of halogens is 8. The number of pyridine rings is 1. The summed E-state index contributed by atoms with van der Waals surface area (Å²) in [5, 5.41) is 8.21. The zero-order valence-electron chi connectivity index (χ0n) is 8.63. The van der Waals surface area contributed by atoms with Gasteiger partial charge in [-0.3, -0.25) is 0 Å². The molecule has 0 amide bonds. The number of aromatic nitrogens is 1. The third kappa shape index (κ3) is 2.91. The number of hydrogen-bond donors (Lipinski definition) is 0. The molecule has 19 heavy (non-hydrogen) atoms. The van der Waals surface area contributed by atoms with E-state index in [-0.39, 0.29) is 0 Å². The summed E-state index contributed by atoms with van der Waals surface area (Å²) < 4.78 is 101.